The molecular formula is C25H20F2N4OS. The fourth-order valence-electron chi connectivity index (χ4n) is 3.95. The predicted molar refractivity (Wildman–Crippen MR) is 127 cm³/mol. The normalized spacial score (nSPS) is 14.1. The maximum atomic E-state index is 13.8. The van der Waals surface area contributed by atoms with E-state index in [2.05, 4.69) is 5.10 Å². The number of nitrogens with zero attached hydrogens (tertiary/aromatic N) is 4. The second-order valence-electron chi connectivity index (χ2n) is 7.68. The molecule has 0 fully saturated rings. The summed E-state index contributed by atoms with van der Waals surface area (Å²) in [6.07, 6.45) is 0. The molecule has 166 valence electrons. The molecule has 1 aliphatic heterocycles. The average Bonchev–Trinajstić information content (AvgIpc) is 3.18. The van der Waals surface area contributed by atoms with Crippen molar-refractivity contribution in [3.05, 3.63) is 89.5 Å². The summed E-state index contributed by atoms with van der Waals surface area (Å²) in [6.45, 7) is 2.91. The highest BCUT2D eigenvalue weighted by molar-refractivity contribution is 8.14. The Bertz CT molecular complexity index is 1400. The third kappa shape index (κ3) is 4.26. The number of thioether (sulfide) groups is 1. The van der Waals surface area contributed by atoms with E-state index in [0.29, 0.717) is 29.2 Å². The molecule has 0 spiro atoms. The minimum Gasteiger partial charge on any atom is -0.324 e. The molecule has 2 heterocycles. The van der Waals surface area contributed by atoms with Crippen LogP contribution in [-0.2, 0) is 13.1 Å². The molecule has 0 unspecified atom stereocenters. The Labute approximate surface area is 193 Å². The molecule has 0 aliphatic carbocycles. The van der Waals surface area contributed by atoms with Crippen LogP contribution in [0.25, 0.3) is 22.4 Å². The number of rotatable bonds is 5. The molecule has 1 aliphatic rings. The molecule has 0 saturated carbocycles. The van der Waals surface area contributed by atoms with Crippen LogP contribution < -0.4 is 0 Å². The third-order valence-corrected chi connectivity index (χ3v) is 6.36. The number of amides is 1. The molecule has 0 N–H and O–H groups in total. The van der Waals surface area contributed by atoms with Crippen molar-refractivity contribution in [3.8, 4) is 11.4 Å². The number of imidazole rings is 1. The lowest BCUT2D eigenvalue weighted by molar-refractivity contribution is 0.222. The lowest BCUT2D eigenvalue weighted by Crippen LogP contribution is -2.29. The average molecular weight is 463 g/mol. The van der Waals surface area contributed by atoms with Gasteiger partial charge in [-0.1, -0.05) is 42.1 Å². The van der Waals surface area contributed by atoms with Gasteiger partial charge in [-0.05, 0) is 48.9 Å². The van der Waals surface area contributed by atoms with E-state index in [1.165, 1.54) is 29.3 Å². The molecular weight excluding hydrogens is 442 g/mol. The second-order valence-corrected chi connectivity index (χ2v) is 8.61. The molecule has 8 heteroatoms. The van der Waals surface area contributed by atoms with Gasteiger partial charge in [0.1, 0.15) is 17.5 Å². The maximum absolute atomic E-state index is 13.8. The van der Waals surface area contributed by atoms with Gasteiger partial charge in [0.2, 0.25) is 0 Å². The van der Waals surface area contributed by atoms with Crippen molar-refractivity contribution >= 4 is 33.7 Å². The lowest BCUT2D eigenvalue weighted by Gasteiger charge is -2.23. The van der Waals surface area contributed by atoms with Crippen molar-refractivity contribution in [1.82, 2.24) is 14.6 Å². The zero-order valence-corrected chi connectivity index (χ0v) is 18.6. The highest BCUT2D eigenvalue weighted by atomic mass is 32.2. The lowest BCUT2D eigenvalue weighted by atomic mass is 10.1. The molecule has 0 bridgehead atoms. The van der Waals surface area contributed by atoms with E-state index in [-0.39, 0.29) is 23.4 Å². The Kier molecular flexibility index (Phi) is 5.68. The number of aromatic nitrogens is 2. The Hall–Kier alpha value is -3.52. The number of aryl methyl sites for hydroxylation is 1. The maximum Gasteiger partial charge on any atom is 0.302 e. The van der Waals surface area contributed by atoms with Crippen LogP contribution in [0, 0.1) is 11.6 Å². The standard InChI is InChI=1S/C25H20F2N4OS/c1-2-30-23-10-9-17(13-21(23)28-24(30)18-6-4-8-20(27)12-18)22-15-33-25(32)31(29-22)14-16-5-3-7-19(26)11-16/h3-13H,2,14-15H2,1H3. The second kappa shape index (κ2) is 8.78. The van der Waals surface area contributed by atoms with Crippen LogP contribution in [0.4, 0.5) is 13.6 Å². The van der Waals surface area contributed by atoms with Gasteiger partial charge in [-0.2, -0.15) is 5.10 Å². The fourth-order valence-corrected chi connectivity index (χ4v) is 4.69. The fraction of sp³-hybridized carbons (Fsp3) is 0.160. The Morgan fingerprint density at radius 1 is 0.970 bits per heavy atom. The van der Waals surface area contributed by atoms with E-state index in [0.717, 1.165) is 34.1 Å². The molecule has 3 aromatic carbocycles. The smallest absolute Gasteiger partial charge is 0.302 e. The van der Waals surface area contributed by atoms with Crippen molar-refractivity contribution in [2.45, 2.75) is 20.0 Å². The van der Waals surface area contributed by atoms with Crippen molar-refractivity contribution < 1.29 is 13.6 Å². The van der Waals surface area contributed by atoms with Gasteiger partial charge in [0.05, 0.1) is 23.3 Å². The molecule has 5 nitrogen and oxygen atoms in total. The van der Waals surface area contributed by atoms with Gasteiger partial charge in [-0.15, -0.1) is 0 Å². The minimum atomic E-state index is -0.347. The van der Waals surface area contributed by atoms with E-state index in [1.807, 2.05) is 35.8 Å². The molecule has 0 atom stereocenters. The van der Waals surface area contributed by atoms with E-state index in [9.17, 15) is 13.6 Å². The van der Waals surface area contributed by atoms with Crippen LogP contribution in [0.3, 0.4) is 0 Å². The molecule has 33 heavy (non-hydrogen) atoms. The molecule has 5 rings (SSSR count). The summed E-state index contributed by atoms with van der Waals surface area (Å²) in [6, 6.07) is 18.4. The summed E-state index contributed by atoms with van der Waals surface area (Å²) < 4.78 is 29.4. The van der Waals surface area contributed by atoms with E-state index >= 15 is 0 Å². The van der Waals surface area contributed by atoms with Crippen LogP contribution in [0.15, 0.2) is 71.8 Å². The Morgan fingerprint density at radius 2 is 1.76 bits per heavy atom. The summed E-state index contributed by atoms with van der Waals surface area (Å²) in [4.78, 5) is 17.2. The summed E-state index contributed by atoms with van der Waals surface area (Å²) >= 11 is 1.16. The number of carbonyl (C=O) groups excluding carboxylic acids is 1. The summed E-state index contributed by atoms with van der Waals surface area (Å²) in [5.41, 5.74) is 4.71. The summed E-state index contributed by atoms with van der Waals surface area (Å²) in [5.74, 6) is 0.487. The van der Waals surface area contributed by atoms with E-state index < -0.39 is 0 Å². The number of hydrogen-bond donors (Lipinski definition) is 0. The van der Waals surface area contributed by atoms with Crippen LogP contribution in [0.5, 0.6) is 0 Å². The van der Waals surface area contributed by atoms with E-state index in [4.69, 9.17) is 4.98 Å². The van der Waals surface area contributed by atoms with Gasteiger partial charge in [0.15, 0.2) is 0 Å². The van der Waals surface area contributed by atoms with Crippen LogP contribution in [0.1, 0.15) is 18.1 Å². The third-order valence-electron chi connectivity index (χ3n) is 5.49. The predicted octanol–water partition coefficient (Wildman–Crippen LogP) is 6.07. The van der Waals surface area contributed by atoms with Crippen molar-refractivity contribution in [1.29, 1.82) is 0 Å². The first-order valence-electron chi connectivity index (χ1n) is 10.5. The molecule has 4 aromatic rings. The Balaban J connectivity index is 1.51. The number of fused-ring (bicyclic) bond motifs is 1. The quantitative estimate of drug-likeness (QED) is 0.361. The van der Waals surface area contributed by atoms with Gasteiger partial charge in [-0.3, -0.25) is 4.79 Å². The topological polar surface area (TPSA) is 50.5 Å². The van der Waals surface area contributed by atoms with Crippen LogP contribution in [-0.4, -0.2) is 31.3 Å². The van der Waals surface area contributed by atoms with Gasteiger partial charge in [0.25, 0.3) is 0 Å². The van der Waals surface area contributed by atoms with Crippen LogP contribution >= 0.6 is 11.8 Å². The Morgan fingerprint density at radius 3 is 2.52 bits per heavy atom. The first-order chi connectivity index (χ1) is 16.0. The van der Waals surface area contributed by atoms with Gasteiger partial charge >= 0.3 is 5.24 Å². The van der Waals surface area contributed by atoms with Gasteiger partial charge in [-0.25, -0.2) is 18.8 Å². The SMILES string of the molecule is CCn1c(-c2cccc(F)c2)nc2cc(C3=NN(Cc4cccc(F)c4)C(=O)SC3)ccc21. The summed E-state index contributed by atoms with van der Waals surface area (Å²) in [5, 5.41) is 5.75. The van der Waals surface area contributed by atoms with Crippen molar-refractivity contribution in [3.63, 3.8) is 0 Å². The van der Waals surface area contributed by atoms with Gasteiger partial charge in [0, 0.05) is 23.4 Å². The number of carbonyl (C=O) groups is 1. The number of halogens is 2. The highest BCUT2D eigenvalue weighted by Crippen LogP contribution is 2.28. The van der Waals surface area contributed by atoms with Crippen molar-refractivity contribution in [2.75, 3.05) is 5.75 Å². The molecule has 1 aromatic heterocycles. The van der Waals surface area contributed by atoms with Gasteiger partial charge < -0.3 is 4.57 Å². The van der Waals surface area contributed by atoms with Crippen LogP contribution in [0.2, 0.25) is 0 Å². The number of hydrogen-bond acceptors (Lipinski definition) is 4. The number of hydrazone groups is 1. The molecule has 0 saturated heterocycles. The molecule has 1 amide bonds. The summed E-state index contributed by atoms with van der Waals surface area (Å²) in [7, 11) is 0. The zero-order valence-electron chi connectivity index (χ0n) is 17.8. The first-order valence-corrected chi connectivity index (χ1v) is 11.5. The van der Waals surface area contributed by atoms with Crippen molar-refractivity contribution in [2.24, 2.45) is 5.10 Å². The zero-order chi connectivity index (χ0) is 22.9. The van der Waals surface area contributed by atoms with E-state index in [1.54, 1.807) is 18.2 Å². The largest absolute Gasteiger partial charge is 0.324 e. The highest BCUT2D eigenvalue weighted by Gasteiger charge is 2.23. The number of benzene rings is 3. The monoisotopic (exact) mass is 462 g/mol. The first kappa shape index (κ1) is 21.3. The minimum absolute atomic E-state index is 0.173. The molecule has 0 radical (unpaired) electrons.